The van der Waals surface area contributed by atoms with Crippen LogP contribution in [0.2, 0.25) is 0 Å². The molecule has 458 valence electrons. The van der Waals surface area contributed by atoms with Gasteiger partial charge < -0.3 is 37.6 Å². The summed E-state index contributed by atoms with van der Waals surface area (Å²) in [6.45, 7) is 6.51. The van der Waals surface area contributed by atoms with Crippen molar-refractivity contribution in [2.24, 2.45) is 15.7 Å². The molecule has 0 aliphatic heterocycles. The summed E-state index contributed by atoms with van der Waals surface area (Å²) < 4.78 is 0. The lowest BCUT2D eigenvalue weighted by Crippen LogP contribution is -2.34. The predicted octanol–water partition coefficient (Wildman–Crippen LogP) is 13.5. The lowest BCUT2D eigenvalue weighted by molar-refractivity contribution is 0.0978. The number of guanidine groups is 2. The Bertz CT molecular complexity index is 4070. The number of carbonyl (C=O) groups is 4. The molecule has 0 saturated heterocycles. The Labute approximate surface area is 531 Å². The standard InChI is InChI=1S/C75H74N12O4/c1-50(77-46-22-18-34-51-26-6-2-7-27-51)81-74(84-71(76)78-47-23-19-35-52-28-8-3-9-29-52)82-61-44-42-55(63-65(61)69(90)59-40-16-14-38-57(59)67(63)88)56-43-45-62(66-64(56)68(89)58-39-15-17-41-60(58)70(66)91)83-75-86-72(79-48-24-20-36-53-30-10-4-11-31-53)85-73(87-75)80-49-25-21-37-54-32-12-5-13-33-54/h2-17,26-33,38-45,77H,1,18-25,34-37,46-49H2,(H4,76,78,81,82,84)(H3,79,80,83,85,86,87). The smallest absolute Gasteiger partial charge is 0.233 e. The molecule has 2 aliphatic carbocycles. The van der Waals surface area contributed by atoms with Gasteiger partial charge in [-0.25, -0.2) is 0 Å². The number of fused-ring (bicyclic) bond motifs is 4. The number of aromatic nitrogens is 3. The van der Waals surface area contributed by atoms with Gasteiger partial charge in [-0.05, 0) is 123 Å². The Morgan fingerprint density at radius 2 is 0.714 bits per heavy atom. The number of anilines is 5. The number of nitrogens with one attached hydrogen (secondary N) is 6. The number of benzene rings is 8. The van der Waals surface area contributed by atoms with Crippen LogP contribution in [0.5, 0.6) is 0 Å². The molecule has 91 heavy (non-hydrogen) atoms. The predicted molar refractivity (Wildman–Crippen MR) is 364 cm³/mol. The molecule has 9 aromatic rings. The van der Waals surface area contributed by atoms with Crippen LogP contribution in [-0.2, 0) is 25.7 Å². The average molecular weight is 1210 g/mol. The van der Waals surface area contributed by atoms with Gasteiger partial charge in [0, 0.05) is 59.6 Å². The van der Waals surface area contributed by atoms with Crippen molar-refractivity contribution >= 4 is 64.3 Å². The Kier molecular flexibility index (Phi) is 20.6. The largest absolute Gasteiger partial charge is 0.370 e. The van der Waals surface area contributed by atoms with E-state index in [2.05, 4.69) is 87.0 Å². The number of hydrogen-bond donors (Lipinski definition) is 7. The van der Waals surface area contributed by atoms with Crippen molar-refractivity contribution in [1.82, 2.24) is 25.6 Å². The molecule has 2 aliphatic rings. The van der Waals surface area contributed by atoms with Gasteiger partial charge in [-0.2, -0.15) is 24.9 Å². The molecule has 0 atom stereocenters. The first-order valence-corrected chi connectivity index (χ1v) is 31.4. The molecule has 0 bridgehead atoms. The zero-order valence-corrected chi connectivity index (χ0v) is 50.9. The van der Waals surface area contributed by atoms with E-state index in [0.717, 1.165) is 77.0 Å². The van der Waals surface area contributed by atoms with Crippen molar-refractivity contribution in [2.75, 3.05) is 47.4 Å². The van der Waals surface area contributed by atoms with E-state index in [-0.39, 0.29) is 84.9 Å². The Hall–Kier alpha value is -10.9. The molecule has 0 radical (unpaired) electrons. The van der Waals surface area contributed by atoms with Crippen LogP contribution in [0.3, 0.4) is 0 Å². The summed E-state index contributed by atoms with van der Waals surface area (Å²) in [4.78, 5) is 84.8. The highest BCUT2D eigenvalue weighted by atomic mass is 16.1. The van der Waals surface area contributed by atoms with Crippen molar-refractivity contribution in [2.45, 2.75) is 77.0 Å². The highest BCUT2D eigenvalue weighted by Crippen LogP contribution is 2.44. The van der Waals surface area contributed by atoms with Gasteiger partial charge in [0.05, 0.1) is 22.5 Å². The van der Waals surface area contributed by atoms with Gasteiger partial charge in [0.15, 0.2) is 29.1 Å². The van der Waals surface area contributed by atoms with Gasteiger partial charge in [0.2, 0.25) is 23.8 Å². The van der Waals surface area contributed by atoms with Gasteiger partial charge in [-0.15, -0.1) is 0 Å². The summed E-state index contributed by atoms with van der Waals surface area (Å²) in [6.07, 6.45) is 10.8. The zero-order chi connectivity index (χ0) is 62.7. The minimum absolute atomic E-state index is 0.00326. The number of nitrogens with zero attached hydrogens (tertiary/aromatic N) is 5. The molecule has 16 nitrogen and oxygen atoms in total. The average Bonchev–Trinajstić information content (AvgIpc) is 0.767. The third kappa shape index (κ3) is 15.7. The Morgan fingerprint density at radius 1 is 0.363 bits per heavy atom. The lowest BCUT2D eigenvalue weighted by Gasteiger charge is -2.27. The first-order valence-electron chi connectivity index (χ1n) is 31.4. The van der Waals surface area contributed by atoms with Gasteiger partial charge >= 0.3 is 0 Å². The number of aliphatic imine (C=N–C) groups is 2. The minimum Gasteiger partial charge on any atom is -0.370 e. The maximum Gasteiger partial charge on any atom is 0.233 e. The highest BCUT2D eigenvalue weighted by molar-refractivity contribution is 6.35. The fourth-order valence-corrected chi connectivity index (χ4v) is 11.6. The van der Waals surface area contributed by atoms with E-state index >= 15 is 19.2 Å². The van der Waals surface area contributed by atoms with Crippen molar-refractivity contribution < 1.29 is 19.2 Å². The normalized spacial score (nSPS) is 12.5. The fourth-order valence-electron chi connectivity index (χ4n) is 11.6. The second-order valence-corrected chi connectivity index (χ2v) is 22.6. The van der Waals surface area contributed by atoms with E-state index in [9.17, 15) is 0 Å². The molecule has 8 aromatic carbocycles. The number of hydrogen-bond acceptors (Lipinski definition) is 12. The second kappa shape index (κ2) is 30.4. The van der Waals surface area contributed by atoms with Crippen molar-refractivity contribution in [1.29, 1.82) is 0 Å². The monoisotopic (exact) mass is 1210 g/mol. The van der Waals surface area contributed by atoms with E-state index < -0.39 is 23.1 Å². The van der Waals surface area contributed by atoms with Crippen LogP contribution in [-0.4, -0.2) is 76.2 Å². The Balaban J connectivity index is 0.925. The van der Waals surface area contributed by atoms with Crippen LogP contribution in [0.4, 0.5) is 29.2 Å². The quantitative estimate of drug-likeness (QED) is 0.0137. The van der Waals surface area contributed by atoms with Gasteiger partial charge in [0.1, 0.15) is 5.82 Å². The van der Waals surface area contributed by atoms with Crippen LogP contribution < -0.4 is 37.6 Å². The number of rotatable bonds is 28. The number of unbranched alkanes of at least 4 members (excludes halogenated alkanes) is 4. The maximum atomic E-state index is 15.3. The highest BCUT2D eigenvalue weighted by Gasteiger charge is 2.39. The molecule has 1 heterocycles. The maximum absolute atomic E-state index is 15.3. The summed E-state index contributed by atoms with van der Waals surface area (Å²) in [5.74, 6) is -0.628. The molecule has 11 rings (SSSR count). The van der Waals surface area contributed by atoms with Crippen LogP contribution in [0.15, 0.2) is 217 Å². The Morgan fingerprint density at radius 3 is 1.14 bits per heavy atom. The lowest BCUT2D eigenvalue weighted by atomic mass is 9.75. The summed E-state index contributed by atoms with van der Waals surface area (Å²) in [5.41, 5.74) is 13.6. The van der Waals surface area contributed by atoms with Crippen molar-refractivity contribution in [3.05, 3.63) is 273 Å². The van der Waals surface area contributed by atoms with Crippen molar-refractivity contribution in [3.8, 4) is 11.1 Å². The fraction of sp³-hybridized carbons (Fsp3) is 0.213. The summed E-state index contributed by atoms with van der Waals surface area (Å²) >= 11 is 0. The third-order valence-electron chi connectivity index (χ3n) is 16.2. The third-order valence-corrected chi connectivity index (χ3v) is 16.2. The van der Waals surface area contributed by atoms with E-state index in [4.69, 9.17) is 30.7 Å². The first-order chi connectivity index (χ1) is 44.6. The number of carbonyl (C=O) groups excluding carboxylic acids is 4. The van der Waals surface area contributed by atoms with Crippen LogP contribution in [0, 0.1) is 0 Å². The van der Waals surface area contributed by atoms with Crippen molar-refractivity contribution in [3.63, 3.8) is 0 Å². The second-order valence-electron chi connectivity index (χ2n) is 22.6. The molecule has 8 N–H and O–H groups in total. The molecule has 0 fully saturated rings. The van der Waals surface area contributed by atoms with E-state index in [1.807, 2.05) is 72.8 Å². The topological polar surface area (TPSA) is 230 Å². The summed E-state index contributed by atoms with van der Waals surface area (Å²) in [6, 6.07) is 61.4. The summed E-state index contributed by atoms with van der Waals surface area (Å²) in [5, 5.41) is 19.9. The molecule has 0 amide bonds. The van der Waals surface area contributed by atoms with Crippen LogP contribution in [0.25, 0.3) is 11.1 Å². The molecule has 16 heteroatoms. The van der Waals surface area contributed by atoms with Crippen LogP contribution in [0.1, 0.15) is 137 Å². The first kappa shape index (κ1) is 61.8. The molecule has 0 unspecified atom stereocenters. The number of nitrogens with two attached hydrogens (primary N) is 1. The van der Waals surface area contributed by atoms with E-state index in [1.165, 1.54) is 22.3 Å². The van der Waals surface area contributed by atoms with Crippen LogP contribution >= 0.6 is 0 Å². The molecule has 0 saturated carbocycles. The number of ketones is 4. The molecular weight excluding hydrogens is 1130 g/mol. The van der Waals surface area contributed by atoms with Gasteiger partial charge in [0.25, 0.3) is 0 Å². The molecular formula is C75H74N12O4. The van der Waals surface area contributed by atoms with E-state index in [0.29, 0.717) is 43.9 Å². The van der Waals surface area contributed by atoms with Gasteiger partial charge in [-0.1, -0.05) is 189 Å². The van der Waals surface area contributed by atoms with E-state index in [1.54, 1.807) is 72.8 Å². The SMILES string of the molecule is C=C(/N=C(\N=C(/N)NCCCCc1ccccc1)Nc1ccc(-c2ccc(Nc3nc(NCCCCc4ccccc4)nc(NCCCCc4ccccc4)n3)c3c2C(=O)c2ccccc2C3=O)c2c1C(=O)c1ccccc1C2=O)NCCCCc1ccccc1. The molecule has 0 spiro atoms. The minimum atomic E-state index is -0.458. The van der Waals surface area contributed by atoms with Gasteiger partial charge in [-0.3, -0.25) is 19.2 Å². The zero-order valence-electron chi connectivity index (χ0n) is 50.9. The summed E-state index contributed by atoms with van der Waals surface area (Å²) in [7, 11) is 0. The number of aryl methyl sites for hydroxylation is 4. The molecule has 1 aromatic heterocycles.